The molecule has 1 amide bonds. The van der Waals surface area contributed by atoms with Crippen LogP contribution in [0.15, 0.2) is 0 Å². The second-order valence-corrected chi connectivity index (χ2v) is 4.07. The molecule has 0 spiro atoms. The van der Waals surface area contributed by atoms with Crippen molar-refractivity contribution in [2.24, 2.45) is 11.1 Å². The first-order chi connectivity index (χ1) is 7.76. The molecule has 0 aliphatic heterocycles. The molecule has 0 bridgehead atoms. The zero-order chi connectivity index (χ0) is 13.6. The quantitative estimate of drug-likeness (QED) is 0.549. The van der Waals surface area contributed by atoms with E-state index >= 15 is 0 Å². The van der Waals surface area contributed by atoms with Crippen LogP contribution < -0.4 is 5.73 Å². The van der Waals surface area contributed by atoms with Crippen molar-refractivity contribution in [2.75, 3.05) is 19.6 Å². The Kier molecular flexibility index (Phi) is 5.60. The van der Waals surface area contributed by atoms with Gasteiger partial charge in [-0.15, -0.1) is 0 Å². The van der Waals surface area contributed by atoms with Gasteiger partial charge in [-0.25, -0.2) is 0 Å². The van der Waals surface area contributed by atoms with Crippen LogP contribution in [0, 0.1) is 5.41 Å². The molecule has 0 rings (SSSR count). The van der Waals surface area contributed by atoms with Crippen molar-refractivity contribution >= 4 is 17.8 Å². The fourth-order valence-electron chi connectivity index (χ4n) is 1.29. The highest BCUT2D eigenvalue weighted by atomic mass is 16.4. The smallest absolute Gasteiger partial charge is 0.323 e. The molecule has 7 heteroatoms. The minimum Gasteiger partial charge on any atom is -0.480 e. The monoisotopic (exact) mass is 246 g/mol. The van der Waals surface area contributed by atoms with E-state index in [1.165, 1.54) is 0 Å². The Morgan fingerprint density at radius 1 is 1.18 bits per heavy atom. The molecule has 7 nitrogen and oxygen atoms in total. The van der Waals surface area contributed by atoms with Crippen LogP contribution in [-0.4, -0.2) is 52.6 Å². The van der Waals surface area contributed by atoms with Crippen molar-refractivity contribution in [1.29, 1.82) is 0 Å². The summed E-state index contributed by atoms with van der Waals surface area (Å²) in [5, 5.41) is 17.3. The van der Waals surface area contributed by atoms with Gasteiger partial charge >= 0.3 is 11.9 Å². The number of carboxylic acids is 2. The number of carboxylic acid groups (broad SMARTS) is 2. The SMILES string of the molecule is CCC(C)(CN)C(=O)N(CC(=O)O)CC(=O)O. The maximum Gasteiger partial charge on any atom is 0.323 e. The molecule has 0 aromatic rings. The number of aliphatic carboxylic acids is 2. The van der Waals surface area contributed by atoms with Crippen LogP contribution in [0.2, 0.25) is 0 Å². The minimum atomic E-state index is -1.25. The van der Waals surface area contributed by atoms with Crippen molar-refractivity contribution in [3.8, 4) is 0 Å². The van der Waals surface area contributed by atoms with Gasteiger partial charge in [0.05, 0.1) is 5.41 Å². The molecule has 0 radical (unpaired) electrons. The summed E-state index contributed by atoms with van der Waals surface area (Å²) in [7, 11) is 0. The van der Waals surface area contributed by atoms with Gasteiger partial charge in [0, 0.05) is 6.54 Å². The lowest BCUT2D eigenvalue weighted by atomic mass is 9.86. The van der Waals surface area contributed by atoms with E-state index in [1.54, 1.807) is 13.8 Å². The predicted molar refractivity (Wildman–Crippen MR) is 59.3 cm³/mol. The summed E-state index contributed by atoms with van der Waals surface area (Å²) in [4.78, 5) is 34.0. The fraction of sp³-hybridized carbons (Fsp3) is 0.700. The summed E-state index contributed by atoms with van der Waals surface area (Å²) in [6.45, 7) is 2.09. The Hall–Kier alpha value is -1.63. The van der Waals surface area contributed by atoms with E-state index in [9.17, 15) is 14.4 Å². The number of hydrogen-bond donors (Lipinski definition) is 3. The third kappa shape index (κ3) is 4.39. The normalized spacial score (nSPS) is 13.8. The topological polar surface area (TPSA) is 121 Å². The number of rotatable bonds is 7. The minimum absolute atomic E-state index is 0.0398. The molecule has 4 N–H and O–H groups in total. The zero-order valence-electron chi connectivity index (χ0n) is 9.97. The molecule has 0 fully saturated rings. The van der Waals surface area contributed by atoms with Crippen molar-refractivity contribution in [3.05, 3.63) is 0 Å². The second kappa shape index (κ2) is 6.19. The van der Waals surface area contributed by atoms with Crippen LogP contribution in [-0.2, 0) is 14.4 Å². The Bertz CT molecular complexity index is 296. The molecule has 1 atom stereocenters. The molecular weight excluding hydrogens is 228 g/mol. The highest BCUT2D eigenvalue weighted by Crippen LogP contribution is 2.22. The van der Waals surface area contributed by atoms with Crippen LogP contribution in [0.4, 0.5) is 0 Å². The number of nitrogens with two attached hydrogens (primary N) is 1. The van der Waals surface area contributed by atoms with Gasteiger partial charge in [0.25, 0.3) is 0 Å². The van der Waals surface area contributed by atoms with Crippen molar-refractivity contribution in [2.45, 2.75) is 20.3 Å². The molecule has 1 unspecified atom stereocenters. The third-order valence-corrected chi connectivity index (χ3v) is 2.69. The summed E-state index contributed by atoms with van der Waals surface area (Å²) >= 11 is 0. The van der Waals surface area contributed by atoms with Gasteiger partial charge in [0.1, 0.15) is 13.1 Å². The van der Waals surface area contributed by atoms with Crippen LogP contribution in [0.25, 0.3) is 0 Å². The molecule has 17 heavy (non-hydrogen) atoms. The van der Waals surface area contributed by atoms with Gasteiger partial charge in [-0.1, -0.05) is 6.92 Å². The van der Waals surface area contributed by atoms with E-state index in [2.05, 4.69) is 0 Å². The summed E-state index contributed by atoms with van der Waals surface area (Å²) in [5.41, 5.74) is 4.55. The first-order valence-corrected chi connectivity index (χ1v) is 5.20. The van der Waals surface area contributed by atoms with Gasteiger partial charge in [-0.2, -0.15) is 0 Å². The van der Waals surface area contributed by atoms with E-state index < -0.39 is 36.4 Å². The van der Waals surface area contributed by atoms with Gasteiger partial charge in [-0.3, -0.25) is 14.4 Å². The Morgan fingerprint density at radius 3 is 1.82 bits per heavy atom. The largest absolute Gasteiger partial charge is 0.480 e. The Morgan fingerprint density at radius 2 is 1.59 bits per heavy atom. The van der Waals surface area contributed by atoms with E-state index in [0.717, 1.165) is 4.90 Å². The van der Waals surface area contributed by atoms with Crippen LogP contribution >= 0.6 is 0 Å². The number of amides is 1. The average molecular weight is 246 g/mol. The van der Waals surface area contributed by atoms with Crippen molar-refractivity contribution < 1.29 is 24.6 Å². The van der Waals surface area contributed by atoms with Crippen molar-refractivity contribution in [3.63, 3.8) is 0 Å². The van der Waals surface area contributed by atoms with E-state index in [-0.39, 0.29) is 6.54 Å². The molecule has 0 saturated carbocycles. The maximum absolute atomic E-state index is 12.0. The number of carbonyl (C=O) groups is 3. The summed E-state index contributed by atoms with van der Waals surface area (Å²) in [5.74, 6) is -3.06. The van der Waals surface area contributed by atoms with Crippen molar-refractivity contribution in [1.82, 2.24) is 4.90 Å². The fourth-order valence-corrected chi connectivity index (χ4v) is 1.29. The highest BCUT2D eigenvalue weighted by molar-refractivity contribution is 5.88. The first-order valence-electron chi connectivity index (χ1n) is 5.20. The zero-order valence-corrected chi connectivity index (χ0v) is 9.97. The predicted octanol–water partition coefficient (Wildman–Crippen LogP) is -0.641. The van der Waals surface area contributed by atoms with Crippen LogP contribution in [0.1, 0.15) is 20.3 Å². The summed E-state index contributed by atoms with van der Waals surface area (Å²) in [6, 6.07) is 0. The van der Waals surface area contributed by atoms with Gasteiger partial charge in [0.2, 0.25) is 5.91 Å². The van der Waals surface area contributed by atoms with Gasteiger partial charge in [0.15, 0.2) is 0 Å². The molecule has 0 aromatic carbocycles. The van der Waals surface area contributed by atoms with Crippen LogP contribution in [0.5, 0.6) is 0 Å². The van der Waals surface area contributed by atoms with Gasteiger partial charge < -0.3 is 20.8 Å². The molecule has 0 aromatic heterocycles. The van der Waals surface area contributed by atoms with E-state index in [0.29, 0.717) is 6.42 Å². The van der Waals surface area contributed by atoms with E-state index in [4.69, 9.17) is 15.9 Å². The molecular formula is C10H18N2O5. The number of hydrogen-bond acceptors (Lipinski definition) is 4. The summed E-state index contributed by atoms with van der Waals surface area (Å²) < 4.78 is 0. The highest BCUT2D eigenvalue weighted by Gasteiger charge is 2.35. The standard InChI is InChI=1S/C10H18N2O5/c1-3-10(2,6-11)9(17)12(4-7(13)14)5-8(15)16/h3-6,11H2,1-2H3,(H,13,14)(H,15,16). The number of carbonyl (C=O) groups excluding carboxylic acids is 1. The maximum atomic E-state index is 12.0. The second-order valence-electron chi connectivity index (χ2n) is 4.07. The van der Waals surface area contributed by atoms with Crippen LogP contribution in [0.3, 0.4) is 0 Å². The summed E-state index contributed by atoms with van der Waals surface area (Å²) in [6.07, 6.45) is 0.415. The van der Waals surface area contributed by atoms with E-state index in [1.807, 2.05) is 0 Å². The lowest BCUT2D eigenvalue weighted by Crippen LogP contribution is -2.49. The molecule has 0 saturated heterocycles. The first kappa shape index (κ1) is 15.4. The lowest BCUT2D eigenvalue weighted by molar-refractivity contribution is -0.153. The molecule has 98 valence electrons. The Labute approximate surface area is 99.2 Å². The average Bonchev–Trinajstić information content (AvgIpc) is 2.24. The van der Waals surface area contributed by atoms with Gasteiger partial charge in [-0.05, 0) is 13.3 Å². The Balaban J connectivity index is 4.96. The molecule has 0 heterocycles. The lowest BCUT2D eigenvalue weighted by Gasteiger charge is -2.31. The third-order valence-electron chi connectivity index (χ3n) is 2.69. The molecule has 0 aliphatic carbocycles. The molecule has 0 aliphatic rings. The number of nitrogens with zero attached hydrogens (tertiary/aromatic N) is 1.